The van der Waals surface area contributed by atoms with Crippen LogP contribution in [0.3, 0.4) is 0 Å². The van der Waals surface area contributed by atoms with Gasteiger partial charge >= 0.3 is 5.97 Å². The van der Waals surface area contributed by atoms with E-state index in [1.807, 2.05) is 0 Å². The number of hydrogen-bond donors (Lipinski definition) is 2. The number of carbonyl (C=O) groups is 1. The van der Waals surface area contributed by atoms with Crippen molar-refractivity contribution in [2.45, 2.75) is 51.4 Å². The number of carboxylic acids is 1. The van der Waals surface area contributed by atoms with Crippen LogP contribution in [-0.2, 0) is 4.79 Å². The lowest BCUT2D eigenvalue weighted by atomic mass is 9.77. The number of nitrogens with zero attached hydrogens (tertiary/aromatic N) is 3. The molecule has 5 rings (SSSR count). The van der Waals surface area contributed by atoms with Gasteiger partial charge in [-0.2, -0.15) is 5.10 Å². The molecule has 7 heteroatoms. The van der Waals surface area contributed by atoms with E-state index in [4.69, 9.17) is 4.98 Å². The molecule has 31 heavy (non-hydrogen) atoms. The molecule has 2 N–H and O–H groups in total. The lowest BCUT2D eigenvalue weighted by molar-refractivity contribution is -0.142. The molecule has 1 fully saturated rings. The minimum absolute atomic E-state index is 0.211. The summed E-state index contributed by atoms with van der Waals surface area (Å²) in [5, 5.41) is 17.4. The number of halogens is 1. The van der Waals surface area contributed by atoms with Gasteiger partial charge in [-0.1, -0.05) is 13.8 Å². The fourth-order valence-corrected chi connectivity index (χ4v) is 5.08. The molecule has 0 amide bonds. The van der Waals surface area contributed by atoms with Gasteiger partial charge in [0.25, 0.3) is 0 Å². The molecule has 1 saturated carbocycles. The van der Waals surface area contributed by atoms with Crippen LogP contribution >= 0.6 is 0 Å². The summed E-state index contributed by atoms with van der Waals surface area (Å²) in [5.74, 6) is -0.785. The number of benzene rings is 1. The van der Waals surface area contributed by atoms with Crippen LogP contribution in [0, 0.1) is 11.7 Å². The van der Waals surface area contributed by atoms with Crippen molar-refractivity contribution in [3.8, 4) is 5.69 Å². The van der Waals surface area contributed by atoms with E-state index in [9.17, 15) is 14.3 Å². The molecule has 0 saturated heterocycles. The molecule has 0 spiro atoms. The molecule has 1 aliphatic carbocycles. The predicted molar refractivity (Wildman–Crippen MR) is 117 cm³/mol. The topological polar surface area (TPSA) is 83.8 Å². The third-order valence-electron chi connectivity index (χ3n) is 6.54. The van der Waals surface area contributed by atoms with Crippen molar-refractivity contribution in [2.24, 2.45) is 5.92 Å². The van der Waals surface area contributed by atoms with E-state index in [0.717, 1.165) is 46.3 Å². The van der Waals surface area contributed by atoms with Gasteiger partial charge < -0.3 is 9.67 Å². The Bertz CT molecular complexity index is 1260. The highest BCUT2D eigenvalue weighted by Crippen LogP contribution is 2.44. The van der Waals surface area contributed by atoms with E-state index in [1.165, 1.54) is 17.7 Å². The van der Waals surface area contributed by atoms with Crippen LogP contribution in [0.5, 0.6) is 0 Å². The van der Waals surface area contributed by atoms with Gasteiger partial charge in [0.05, 0.1) is 23.1 Å². The summed E-state index contributed by atoms with van der Waals surface area (Å²) >= 11 is 0. The van der Waals surface area contributed by atoms with Crippen molar-refractivity contribution in [2.75, 3.05) is 0 Å². The number of fused-ring (bicyclic) bond motifs is 2. The average molecular weight is 420 g/mol. The first kappa shape index (κ1) is 19.7. The Labute approximate surface area is 179 Å². The van der Waals surface area contributed by atoms with Gasteiger partial charge in [0, 0.05) is 22.3 Å². The zero-order valence-electron chi connectivity index (χ0n) is 17.6. The Morgan fingerprint density at radius 1 is 1.19 bits per heavy atom. The smallest absolute Gasteiger partial charge is 0.306 e. The first-order valence-electron chi connectivity index (χ1n) is 10.8. The molecule has 0 aliphatic heterocycles. The van der Waals surface area contributed by atoms with Gasteiger partial charge in [0.15, 0.2) is 5.65 Å². The second-order valence-electron chi connectivity index (χ2n) is 8.82. The normalized spacial score (nSPS) is 19.5. The maximum absolute atomic E-state index is 13.7. The molecule has 0 bridgehead atoms. The van der Waals surface area contributed by atoms with Gasteiger partial charge in [-0.3, -0.25) is 9.89 Å². The predicted octanol–water partition coefficient (Wildman–Crippen LogP) is 5.52. The molecule has 1 aromatic carbocycles. The Morgan fingerprint density at radius 3 is 2.55 bits per heavy atom. The molecular formula is C24H25FN4O2. The second-order valence-corrected chi connectivity index (χ2v) is 8.82. The molecule has 0 unspecified atom stereocenters. The van der Waals surface area contributed by atoms with Crippen LogP contribution in [0.25, 0.3) is 27.8 Å². The highest BCUT2D eigenvalue weighted by Gasteiger charge is 2.32. The minimum atomic E-state index is -0.700. The molecule has 1 aliphatic rings. The van der Waals surface area contributed by atoms with Crippen molar-refractivity contribution in [1.29, 1.82) is 0 Å². The van der Waals surface area contributed by atoms with Gasteiger partial charge in [0.2, 0.25) is 0 Å². The first-order valence-corrected chi connectivity index (χ1v) is 10.8. The fraction of sp³-hybridized carbons (Fsp3) is 0.375. The van der Waals surface area contributed by atoms with E-state index in [1.54, 1.807) is 18.3 Å². The Balaban J connectivity index is 1.76. The van der Waals surface area contributed by atoms with E-state index in [-0.39, 0.29) is 23.6 Å². The Hall–Kier alpha value is -3.22. The van der Waals surface area contributed by atoms with Crippen LogP contribution in [0.2, 0.25) is 0 Å². The summed E-state index contributed by atoms with van der Waals surface area (Å²) < 4.78 is 15.8. The summed E-state index contributed by atoms with van der Waals surface area (Å²) in [6.45, 7) is 4.32. The maximum atomic E-state index is 13.7. The second kappa shape index (κ2) is 7.48. The van der Waals surface area contributed by atoms with Crippen molar-refractivity contribution in [1.82, 2.24) is 19.7 Å². The Morgan fingerprint density at radius 2 is 1.90 bits per heavy atom. The monoisotopic (exact) mass is 420 g/mol. The van der Waals surface area contributed by atoms with Crippen molar-refractivity contribution in [3.63, 3.8) is 0 Å². The molecule has 6 nitrogen and oxygen atoms in total. The number of rotatable bonds is 4. The number of nitrogens with one attached hydrogen (secondary N) is 1. The highest BCUT2D eigenvalue weighted by molar-refractivity contribution is 5.93. The van der Waals surface area contributed by atoms with Gasteiger partial charge in [-0.15, -0.1) is 0 Å². The first-order chi connectivity index (χ1) is 14.9. The molecule has 0 radical (unpaired) electrons. The van der Waals surface area contributed by atoms with Crippen LogP contribution < -0.4 is 0 Å². The number of aliphatic carboxylic acids is 1. The fourth-order valence-electron chi connectivity index (χ4n) is 5.08. The van der Waals surface area contributed by atoms with Crippen molar-refractivity contribution < 1.29 is 14.3 Å². The van der Waals surface area contributed by atoms with Crippen LogP contribution in [0.4, 0.5) is 4.39 Å². The third-order valence-corrected chi connectivity index (χ3v) is 6.54. The lowest BCUT2D eigenvalue weighted by Crippen LogP contribution is -2.21. The van der Waals surface area contributed by atoms with Gasteiger partial charge in [-0.25, -0.2) is 9.37 Å². The zero-order chi connectivity index (χ0) is 21.7. The average Bonchev–Trinajstić information content (AvgIpc) is 3.34. The summed E-state index contributed by atoms with van der Waals surface area (Å²) in [6, 6.07) is 8.64. The standard InChI is InChI=1S/C24H25FN4O2/c1-13(2)22-20(14-3-5-15(6-4-14)24(30)31)21-19(11-16-12-26-28-23(16)27-21)29(22)18-9-7-17(25)8-10-18/h7-15H,3-6H2,1-2H3,(H,30,31)(H,26,27,28)/t14-,15-. The maximum Gasteiger partial charge on any atom is 0.306 e. The minimum Gasteiger partial charge on any atom is -0.481 e. The van der Waals surface area contributed by atoms with Crippen LogP contribution in [0.1, 0.15) is 62.6 Å². The number of aromatic nitrogens is 4. The zero-order valence-corrected chi connectivity index (χ0v) is 17.6. The molecule has 3 heterocycles. The molecule has 3 aromatic heterocycles. The van der Waals surface area contributed by atoms with E-state index < -0.39 is 5.97 Å². The van der Waals surface area contributed by atoms with Gasteiger partial charge in [-0.05, 0) is 67.9 Å². The quantitative estimate of drug-likeness (QED) is 0.455. The number of carboxylic acid groups (broad SMARTS) is 1. The molecule has 4 aromatic rings. The SMILES string of the molecule is CC(C)c1c([C@H]2CC[C@H](C(=O)O)CC2)c2nc3[nH]ncc3cc2n1-c1ccc(F)cc1. The summed E-state index contributed by atoms with van der Waals surface area (Å²) in [4.78, 5) is 16.4. The molecular weight excluding hydrogens is 395 g/mol. The Kier molecular flexibility index (Phi) is 4.76. The van der Waals surface area contributed by atoms with E-state index >= 15 is 0 Å². The molecule has 0 atom stereocenters. The van der Waals surface area contributed by atoms with Crippen LogP contribution in [0.15, 0.2) is 36.5 Å². The van der Waals surface area contributed by atoms with Crippen molar-refractivity contribution >= 4 is 28.0 Å². The largest absolute Gasteiger partial charge is 0.481 e. The van der Waals surface area contributed by atoms with E-state index in [0.29, 0.717) is 12.8 Å². The number of hydrogen-bond acceptors (Lipinski definition) is 3. The van der Waals surface area contributed by atoms with E-state index in [2.05, 4.69) is 34.7 Å². The molecule has 160 valence electrons. The van der Waals surface area contributed by atoms with Crippen LogP contribution in [-0.4, -0.2) is 30.8 Å². The third kappa shape index (κ3) is 3.28. The number of H-pyrrole nitrogens is 1. The lowest BCUT2D eigenvalue weighted by Gasteiger charge is -2.27. The van der Waals surface area contributed by atoms with Gasteiger partial charge in [0.1, 0.15) is 5.82 Å². The summed E-state index contributed by atoms with van der Waals surface area (Å²) in [7, 11) is 0. The number of aromatic amines is 1. The summed E-state index contributed by atoms with van der Waals surface area (Å²) in [5.41, 5.74) is 5.87. The highest BCUT2D eigenvalue weighted by atomic mass is 19.1. The van der Waals surface area contributed by atoms with Crippen molar-refractivity contribution in [3.05, 3.63) is 53.6 Å². The number of pyridine rings is 1. The summed E-state index contributed by atoms with van der Waals surface area (Å²) in [6.07, 6.45) is 4.75.